The fraction of sp³-hybridized carbons (Fsp3) is 0.900. The normalized spacial score (nSPS) is 47.2. The molecule has 13 heteroatoms. The van der Waals surface area contributed by atoms with Crippen molar-refractivity contribution in [1.29, 1.82) is 5.53 Å². The summed E-state index contributed by atoms with van der Waals surface area (Å²) in [4.78, 5) is 0. The van der Waals surface area contributed by atoms with Crippen LogP contribution in [0, 0.1) is 11.4 Å². The number of alkyl halides is 5. The molecular formula is C20H30Cl2F3N3O4S. The predicted molar refractivity (Wildman–Crippen MR) is 120 cm³/mol. The summed E-state index contributed by atoms with van der Waals surface area (Å²) in [5, 5.41) is 37.0. The molecule has 7 nitrogen and oxygen atoms in total. The van der Waals surface area contributed by atoms with Gasteiger partial charge in [-0.1, -0.05) is 0 Å². The largest absolute Gasteiger partial charge is 0.394 e. The summed E-state index contributed by atoms with van der Waals surface area (Å²) in [6, 6.07) is -1.01. The molecule has 3 rings (SSSR count). The van der Waals surface area contributed by atoms with E-state index >= 15 is 0 Å². The molecule has 0 aromatic heterocycles. The van der Waals surface area contributed by atoms with Gasteiger partial charge >= 0.3 is 0 Å². The first-order valence-corrected chi connectivity index (χ1v) is 12.8. The van der Waals surface area contributed by atoms with Gasteiger partial charge in [-0.15, -0.1) is 35.0 Å². The van der Waals surface area contributed by atoms with Gasteiger partial charge in [-0.05, 0) is 32.1 Å². The lowest BCUT2D eigenvalue weighted by Crippen LogP contribution is -2.62. The summed E-state index contributed by atoms with van der Waals surface area (Å²) in [6.07, 6.45) is -7.06. The second-order valence-corrected chi connectivity index (χ2v) is 11.4. The molecule has 5 N–H and O–H groups in total. The van der Waals surface area contributed by atoms with Crippen molar-refractivity contribution < 1.29 is 33.2 Å². The summed E-state index contributed by atoms with van der Waals surface area (Å²) in [5.41, 5.74) is 6.57. The number of ether oxygens (including phenoxy) is 1. The molecule has 190 valence electrons. The van der Waals surface area contributed by atoms with Crippen molar-refractivity contribution in [2.24, 2.45) is 11.0 Å². The SMILES string of the molecule is N=N/C(=C\NC1C(O)[C@@H](SC2CCC(Cl)C(Cl)C2)OC(CO)[C@@H]1O)C1CC(F)C(F)C(F)C1. The summed E-state index contributed by atoms with van der Waals surface area (Å²) >= 11 is 13.8. The van der Waals surface area contributed by atoms with Crippen LogP contribution in [0.5, 0.6) is 0 Å². The molecule has 0 aromatic rings. The summed E-state index contributed by atoms with van der Waals surface area (Å²) in [7, 11) is 0. The van der Waals surface area contributed by atoms with Gasteiger partial charge < -0.3 is 25.4 Å². The first kappa shape index (κ1) is 27.3. The number of hydrogen-bond acceptors (Lipinski definition) is 8. The maximum absolute atomic E-state index is 13.8. The van der Waals surface area contributed by atoms with E-state index in [1.54, 1.807) is 0 Å². The third-order valence-electron chi connectivity index (χ3n) is 6.54. The van der Waals surface area contributed by atoms with E-state index in [-0.39, 0.29) is 34.5 Å². The number of nitrogens with zero attached hydrogens (tertiary/aromatic N) is 1. The van der Waals surface area contributed by atoms with Crippen LogP contribution in [0.1, 0.15) is 32.1 Å². The Morgan fingerprint density at radius 1 is 1.09 bits per heavy atom. The number of aliphatic hydroxyl groups is 3. The highest BCUT2D eigenvalue weighted by Crippen LogP contribution is 2.40. The monoisotopic (exact) mass is 535 g/mol. The number of halogens is 5. The lowest BCUT2D eigenvalue weighted by Gasteiger charge is -2.44. The molecule has 2 saturated carbocycles. The van der Waals surface area contributed by atoms with E-state index in [9.17, 15) is 28.5 Å². The van der Waals surface area contributed by atoms with Gasteiger partial charge in [0, 0.05) is 17.4 Å². The number of rotatable bonds is 7. The second-order valence-electron chi connectivity index (χ2n) is 8.83. The van der Waals surface area contributed by atoms with E-state index in [1.807, 2.05) is 0 Å². The molecule has 0 bridgehead atoms. The zero-order valence-electron chi connectivity index (χ0n) is 17.7. The molecule has 1 saturated heterocycles. The molecule has 2 aliphatic carbocycles. The molecule has 0 amide bonds. The number of allylic oxidation sites excluding steroid dienone is 1. The molecule has 0 aromatic carbocycles. The van der Waals surface area contributed by atoms with Crippen molar-refractivity contribution in [3.63, 3.8) is 0 Å². The molecule has 1 heterocycles. The van der Waals surface area contributed by atoms with Gasteiger partial charge in [-0.25, -0.2) is 18.7 Å². The topological polar surface area (TPSA) is 118 Å². The highest BCUT2D eigenvalue weighted by molar-refractivity contribution is 8.00. The molecule has 33 heavy (non-hydrogen) atoms. The van der Waals surface area contributed by atoms with Crippen molar-refractivity contribution in [3.8, 4) is 0 Å². The summed E-state index contributed by atoms with van der Waals surface area (Å²) in [6.45, 7) is -0.497. The lowest BCUT2D eigenvalue weighted by molar-refractivity contribution is -0.164. The number of hydrogen-bond donors (Lipinski definition) is 5. The average molecular weight is 536 g/mol. The zero-order valence-corrected chi connectivity index (χ0v) is 20.1. The number of nitrogens with one attached hydrogen (secondary N) is 2. The third-order valence-corrected chi connectivity index (χ3v) is 9.14. The van der Waals surface area contributed by atoms with Crippen LogP contribution >= 0.6 is 35.0 Å². The van der Waals surface area contributed by atoms with Gasteiger partial charge in [-0.2, -0.15) is 5.11 Å². The Morgan fingerprint density at radius 3 is 2.33 bits per heavy atom. The highest BCUT2D eigenvalue weighted by Gasteiger charge is 2.46. The fourth-order valence-corrected chi connectivity index (χ4v) is 6.73. The van der Waals surface area contributed by atoms with Crippen molar-refractivity contribution in [2.45, 2.75) is 96.4 Å². The minimum atomic E-state index is -2.20. The van der Waals surface area contributed by atoms with Crippen LogP contribution < -0.4 is 5.32 Å². The van der Waals surface area contributed by atoms with Crippen LogP contribution in [0.15, 0.2) is 17.0 Å². The molecule has 3 fully saturated rings. The lowest BCUT2D eigenvalue weighted by atomic mass is 9.83. The van der Waals surface area contributed by atoms with E-state index in [0.29, 0.717) is 12.8 Å². The molecule has 3 aliphatic rings. The maximum Gasteiger partial charge on any atom is 0.162 e. The van der Waals surface area contributed by atoms with Crippen LogP contribution in [-0.4, -0.2) is 86.2 Å². The Kier molecular flexibility index (Phi) is 10.0. The van der Waals surface area contributed by atoms with Gasteiger partial charge in [0.05, 0.1) is 29.1 Å². The smallest absolute Gasteiger partial charge is 0.162 e. The Labute approximate surface area is 204 Å². The predicted octanol–water partition coefficient (Wildman–Crippen LogP) is 3.18. The molecule has 0 radical (unpaired) electrons. The Hall–Kier alpha value is -0.300. The van der Waals surface area contributed by atoms with Crippen LogP contribution in [0.3, 0.4) is 0 Å². The van der Waals surface area contributed by atoms with Crippen LogP contribution in [0.2, 0.25) is 0 Å². The van der Waals surface area contributed by atoms with E-state index < -0.39 is 60.8 Å². The number of aliphatic hydroxyl groups excluding tert-OH is 3. The van der Waals surface area contributed by atoms with Gasteiger partial charge in [-0.3, -0.25) is 0 Å². The van der Waals surface area contributed by atoms with Crippen molar-refractivity contribution >= 4 is 35.0 Å². The average Bonchev–Trinajstić information content (AvgIpc) is 2.78. The van der Waals surface area contributed by atoms with Crippen LogP contribution in [-0.2, 0) is 4.74 Å². The molecule has 8 unspecified atom stereocenters. The Morgan fingerprint density at radius 2 is 1.76 bits per heavy atom. The first-order valence-electron chi connectivity index (χ1n) is 11.0. The standard InChI is InChI=1S/C20H30Cl2F3N3O4S/c21-10-2-1-9(5-11(10)22)33-20-19(31)17(18(30)15(7-29)32-20)27-6-14(28-26)8-3-12(23)16(25)13(24)4-8/h6,8-13,15-20,26-27,29-31H,1-5,7H2/b14-6-,28-26?/t8?,9?,10?,11?,12?,13?,15?,16?,17?,18-,19?,20+/m0/s1. The van der Waals surface area contributed by atoms with E-state index in [0.717, 1.165) is 6.42 Å². The third kappa shape index (κ3) is 6.48. The number of thioether (sulfide) groups is 1. The Bertz CT molecular complexity index is 691. The van der Waals surface area contributed by atoms with Gasteiger partial charge in [0.1, 0.15) is 36.1 Å². The zero-order chi connectivity index (χ0) is 24.3. The second kappa shape index (κ2) is 12.1. The summed E-state index contributed by atoms with van der Waals surface area (Å²) < 4.78 is 46.8. The first-order chi connectivity index (χ1) is 15.7. The van der Waals surface area contributed by atoms with E-state index in [1.165, 1.54) is 18.0 Å². The summed E-state index contributed by atoms with van der Waals surface area (Å²) in [5.74, 6) is -0.827. The van der Waals surface area contributed by atoms with Gasteiger partial charge in [0.2, 0.25) is 0 Å². The van der Waals surface area contributed by atoms with Gasteiger partial charge in [0.15, 0.2) is 6.17 Å². The van der Waals surface area contributed by atoms with Crippen molar-refractivity contribution in [3.05, 3.63) is 11.9 Å². The van der Waals surface area contributed by atoms with Crippen LogP contribution in [0.4, 0.5) is 13.2 Å². The van der Waals surface area contributed by atoms with E-state index in [4.69, 9.17) is 33.5 Å². The minimum absolute atomic E-state index is 0.0201. The molecular weight excluding hydrogens is 506 g/mol. The van der Waals surface area contributed by atoms with Crippen molar-refractivity contribution in [2.75, 3.05) is 6.61 Å². The highest BCUT2D eigenvalue weighted by atomic mass is 35.5. The van der Waals surface area contributed by atoms with Crippen LogP contribution in [0.25, 0.3) is 0 Å². The molecule has 1 aliphatic heterocycles. The van der Waals surface area contributed by atoms with Crippen molar-refractivity contribution in [1.82, 2.24) is 5.32 Å². The fourth-order valence-electron chi connectivity index (χ4n) is 4.54. The van der Waals surface area contributed by atoms with E-state index in [2.05, 4.69) is 10.4 Å². The van der Waals surface area contributed by atoms with Gasteiger partial charge in [0.25, 0.3) is 0 Å². The quantitative estimate of drug-likeness (QED) is 0.252. The minimum Gasteiger partial charge on any atom is -0.394 e. The molecule has 10 atom stereocenters. The Balaban J connectivity index is 1.69. The maximum atomic E-state index is 13.8. The molecule has 0 spiro atoms.